The average Bonchev–Trinajstić information content (AvgIpc) is 2.39. The van der Waals surface area contributed by atoms with Crippen LogP contribution in [-0.2, 0) is 11.3 Å². The molecule has 2 rings (SSSR count). The summed E-state index contributed by atoms with van der Waals surface area (Å²) in [5.41, 5.74) is 5.31. The maximum absolute atomic E-state index is 12.1. The first kappa shape index (κ1) is 12.6. The molecule has 1 saturated heterocycles. The minimum absolute atomic E-state index is 0.0218. The van der Waals surface area contributed by atoms with E-state index in [-0.39, 0.29) is 11.4 Å². The minimum Gasteiger partial charge on any atom is -0.385 e. The van der Waals surface area contributed by atoms with Gasteiger partial charge in [-0.3, -0.25) is 10.2 Å². The van der Waals surface area contributed by atoms with Crippen LogP contribution in [0.25, 0.3) is 0 Å². The van der Waals surface area contributed by atoms with Crippen molar-refractivity contribution >= 4 is 11.7 Å². The minimum atomic E-state index is -0.463. The zero-order valence-electron chi connectivity index (χ0n) is 10.3. The van der Waals surface area contributed by atoms with E-state index < -0.39 is 6.10 Å². The van der Waals surface area contributed by atoms with Gasteiger partial charge in [-0.1, -0.05) is 0 Å². The molecule has 1 aliphatic rings. The number of nitrogens with two attached hydrogens (primary N) is 1. The number of ether oxygens (including phenoxy) is 1. The van der Waals surface area contributed by atoms with Crippen LogP contribution in [0.2, 0.25) is 0 Å². The molecule has 1 aromatic heterocycles. The van der Waals surface area contributed by atoms with Crippen molar-refractivity contribution in [3.63, 3.8) is 0 Å². The van der Waals surface area contributed by atoms with Crippen molar-refractivity contribution in [3.05, 3.63) is 22.7 Å². The Bertz CT molecular complexity index is 498. The molecule has 0 bridgehead atoms. The third kappa shape index (κ3) is 2.35. The van der Waals surface area contributed by atoms with Crippen LogP contribution in [0.5, 0.6) is 0 Å². The molecule has 0 amide bonds. The summed E-state index contributed by atoms with van der Waals surface area (Å²) in [5, 5.41) is 7.40. The molecule has 2 heterocycles. The fraction of sp³-hybridized carbons (Fsp3) is 0.545. The van der Waals surface area contributed by atoms with Crippen molar-refractivity contribution in [1.29, 1.82) is 5.41 Å². The summed E-state index contributed by atoms with van der Waals surface area (Å²) in [7, 11) is 0. The number of nitrogens with zero attached hydrogens (tertiary/aromatic N) is 3. The molecule has 1 unspecified atom stereocenters. The molecular weight excluding hydrogens is 234 g/mol. The van der Waals surface area contributed by atoms with Gasteiger partial charge in [-0.25, -0.2) is 4.98 Å². The number of aromatic nitrogens is 2. The van der Waals surface area contributed by atoms with E-state index in [2.05, 4.69) is 4.98 Å². The molecule has 0 saturated carbocycles. The van der Waals surface area contributed by atoms with Gasteiger partial charge in [0.1, 0.15) is 11.9 Å². The van der Waals surface area contributed by atoms with E-state index in [0.717, 1.165) is 0 Å². The molecule has 1 aliphatic heterocycles. The highest BCUT2D eigenvalue weighted by Crippen LogP contribution is 2.10. The summed E-state index contributed by atoms with van der Waals surface area (Å²) in [6.45, 7) is 3.93. The Morgan fingerprint density at radius 3 is 3.17 bits per heavy atom. The van der Waals surface area contributed by atoms with Crippen LogP contribution in [0.3, 0.4) is 0 Å². The summed E-state index contributed by atoms with van der Waals surface area (Å²) in [4.78, 5) is 18.1. The highest BCUT2D eigenvalue weighted by atomic mass is 16.5. The molecule has 7 heteroatoms. The van der Waals surface area contributed by atoms with Gasteiger partial charge in [0.05, 0.1) is 13.2 Å². The zero-order valence-corrected chi connectivity index (χ0v) is 10.3. The largest absolute Gasteiger partial charge is 0.385 e. The maximum atomic E-state index is 12.1. The first-order valence-electron chi connectivity index (χ1n) is 5.89. The summed E-state index contributed by atoms with van der Waals surface area (Å²) < 4.78 is 6.96. The number of anilines is 1. The highest BCUT2D eigenvalue weighted by Gasteiger charge is 2.25. The molecule has 0 aliphatic carbocycles. The lowest BCUT2D eigenvalue weighted by Crippen LogP contribution is -2.50. The van der Waals surface area contributed by atoms with E-state index in [1.165, 1.54) is 0 Å². The molecular formula is C11H17N5O2. The number of hydrogen-bond acceptors (Lipinski definition) is 5. The van der Waals surface area contributed by atoms with Crippen LogP contribution in [0.1, 0.15) is 6.92 Å². The fourth-order valence-corrected chi connectivity index (χ4v) is 1.93. The van der Waals surface area contributed by atoms with Gasteiger partial charge in [0.25, 0.3) is 5.56 Å². The first-order valence-corrected chi connectivity index (χ1v) is 5.89. The number of morpholine rings is 1. The van der Waals surface area contributed by atoms with E-state index in [4.69, 9.17) is 15.9 Å². The van der Waals surface area contributed by atoms with Gasteiger partial charge in [-0.15, -0.1) is 0 Å². The van der Waals surface area contributed by atoms with Crippen molar-refractivity contribution in [2.75, 3.05) is 24.6 Å². The SMILES string of the molecule is CCn1ccnc(N2CCOC(C(=N)N)C2)c1=O. The summed E-state index contributed by atoms with van der Waals surface area (Å²) >= 11 is 0. The van der Waals surface area contributed by atoms with Gasteiger partial charge in [-0.2, -0.15) is 0 Å². The van der Waals surface area contributed by atoms with E-state index >= 15 is 0 Å². The molecule has 1 aromatic rings. The van der Waals surface area contributed by atoms with Crippen molar-refractivity contribution < 1.29 is 4.74 Å². The predicted octanol–water partition coefficient (Wildman–Crippen LogP) is -0.596. The second-order valence-electron chi connectivity index (χ2n) is 4.10. The first-order chi connectivity index (χ1) is 8.63. The number of amidine groups is 1. The quantitative estimate of drug-likeness (QED) is 0.552. The average molecular weight is 251 g/mol. The van der Waals surface area contributed by atoms with E-state index in [1.807, 2.05) is 11.8 Å². The van der Waals surface area contributed by atoms with Gasteiger partial charge in [0, 0.05) is 25.5 Å². The number of rotatable bonds is 3. The second-order valence-corrected chi connectivity index (χ2v) is 4.10. The highest BCUT2D eigenvalue weighted by molar-refractivity contribution is 5.82. The standard InChI is InChI=1S/C11H17N5O2/c1-2-15-4-3-14-10(11(15)17)16-5-6-18-8(7-16)9(12)13/h3-4,8H,2,5-7H2,1H3,(H3,12,13). The van der Waals surface area contributed by atoms with E-state index in [0.29, 0.717) is 32.1 Å². The topological polar surface area (TPSA) is 97.2 Å². The van der Waals surface area contributed by atoms with E-state index in [9.17, 15) is 4.79 Å². The molecule has 7 nitrogen and oxygen atoms in total. The van der Waals surface area contributed by atoms with Crippen LogP contribution < -0.4 is 16.2 Å². The molecule has 1 atom stereocenters. The summed E-state index contributed by atoms with van der Waals surface area (Å²) in [6.07, 6.45) is 2.81. The maximum Gasteiger partial charge on any atom is 0.293 e. The number of nitrogens with one attached hydrogen (secondary N) is 1. The van der Waals surface area contributed by atoms with Gasteiger partial charge in [-0.05, 0) is 6.92 Å². The third-order valence-corrected chi connectivity index (χ3v) is 2.95. The summed E-state index contributed by atoms with van der Waals surface area (Å²) in [5.74, 6) is 0.375. The summed E-state index contributed by atoms with van der Waals surface area (Å²) in [6, 6.07) is 0. The fourth-order valence-electron chi connectivity index (χ4n) is 1.93. The van der Waals surface area contributed by atoms with E-state index in [1.54, 1.807) is 17.0 Å². The van der Waals surface area contributed by atoms with Crippen LogP contribution in [-0.4, -0.2) is 41.2 Å². The Kier molecular flexibility index (Phi) is 3.61. The van der Waals surface area contributed by atoms with Crippen molar-refractivity contribution in [3.8, 4) is 0 Å². The second kappa shape index (κ2) is 5.18. The smallest absolute Gasteiger partial charge is 0.293 e. The van der Waals surface area contributed by atoms with Crippen molar-refractivity contribution in [2.45, 2.75) is 19.6 Å². The van der Waals surface area contributed by atoms with Crippen LogP contribution in [0, 0.1) is 5.41 Å². The van der Waals surface area contributed by atoms with Crippen LogP contribution in [0.15, 0.2) is 17.2 Å². The van der Waals surface area contributed by atoms with Crippen molar-refractivity contribution in [1.82, 2.24) is 9.55 Å². The molecule has 18 heavy (non-hydrogen) atoms. The molecule has 3 N–H and O–H groups in total. The van der Waals surface area contributed by atoms with Crippen molar-refractivity contribution in [2.24, 2.45) is 5.73 Å². The molecule has 0 spiro atoms. The van der Waals surface area contributed by atoms with Gasteiger partial charge >= 0.3 is 0 Å². The lowest BCUT2D eigenvalue weighted by Gasteiger charge is -2.32. The normalized spacial score (nSPS) is 19.8. The zero-order chi connectivity index (χ0) is 13.1. The van der Waals surface area contributed by atoms with Crippen LogP contribution >= 0.6 is 0 Å². The Hall–Kier alpha value is -1.89. The van der Waals surface area contributed by atoms with Gasteiger partial charge in [0.2, 0.25) is 0 Å². The number of hydrogen-bond donors (Lipinski definition) is 2. The third-order valence-electron chi connectivity index (χ3n) is 2.95. The molecule has 0 aromatic carbocycles. The molecule has 1 fully saturated rings. The Balaban J connectivity index is 2.26. The Morgan fingerprint density at radius 2 is 2.50 bits per heavy atom. The molecule has 0 radical (unpaired) electrons. The van der Waals surface area contributed by atoms with Gasteiger partial charge in [0.15, 0.2) is 5.82 Å². The lowest BCUT2D eigenvalue weighted by molar-refractivity contribution is 0.0822. The monoisotopic (exact) mass is 251 g/mol. The lowest BCUT2D eigenvalue weighted by atomic mass is 10.2. The number of aryl methyl sites for hydroxylation is 1. The van der Waals surface area contributed by atoms with Crippen LogP contribution in [0.4, 0.5) is 5.82 Å². The predicted molar refractivity (Wildman–Crippen MR) is 68.0 cm³/mol. The Morgan fingerprint density at radius 1 is 1.72 bits per heavy atom. The Labute approximate surface area is 105 Å². The molecule has 98 valence electrons. The van der Waals surface area contributed by atoms with Gasteiger partial charge < -0.3 is 19.9 Å².